The number of aliphatic carboxylic acids is 1. The summed E-state index contributed by atoms with van der Waals surface area (Å²) in [5.41, 5.74) is 1.88. The zero-order chi connectivity index (χ0) is 18.7. The maximum atomic E-state index is 11.9. The Morgan fingerprint density at radius 3 is 2.58 bits per heavy atom. The van der Waals surface area contributed by atoms with Crippen molar-refractivity contribution >= 4 is 40.9 Å². The molecule has 0 radical (unpaired) electrons. The number of halogens is 2. The van der Waals surface area contributed by atoms with Gasteiger partial charge in [0.15, 0.2) is 0 Å². The van der Waals surface area contributed by atoms with E-state index in [1.54, 1.807) is 17.8 Å². The molecule has 138 valence electrons. The lowest BCUT2D eigenvalue weighted by Crippen LogP contribution is -2.46. The summed E-state index contributed by atoms with van der Waals surface area (Å²) in [6, 6.07) is 13.0. The summed E-state index contributed by atoms with van der Waals surface area (Å²) >= 11 is 14.5. The van der Waals surface area contributed by atoms with Crippen molar-refractivity contribution in [2.24, 2.45) is 0 Å². The molecule has 2 atom stereocenters. The second kappa shape index (κ2) is 8.66. The Balaban J connectivity index is 2.11. The Kier molecular flexibility index (Phi) is 6.51. The van der Waals surface area contributed by atoms with E-state index in [9.17, 15) is 9.90 Å². The number of likely N-dealkylation sites (tertiary alicyclic amines) is 1. The molecule has 6 heteroatoms. The standard InChI is InChI=1S/C20H21Cl2NO2S/c1-26-14-10-8-13(9-11-14)19(15-5-4-6-16(21)18(15)22)23-12-3-2-7-17(23)20(24)25/h4-6,8-11,17,19H,2-3,7,12H2,1H3,(H,24,25). The SMILES string of the molecule is CSc1ccc(C(c2cccc(Cl)c2Cl)N2CCCCC2C(=O)O)cc1. The zero-order valence-electron chi connectivity index (χ0n) is 14.5. The Morgan fingerprint density at radius 1 is 1.19 bits per heavy atom. The quantitative estimate of drug-likeness (QED) is 0.638. The molecule has 0 bridgehead atoms. The third-order valence-electron chi connectivity index (χ3n) is 4.87. The molecule has 1 aliphatic heterocycles. The molecule has 0 aliphatic carbocycles. The van der Waals surface area contributed by atoms with Crippen molar-refractivity contribution in [1.29, 1.82) is 0 Å². The van der Waals surface area contributed by atoms with Gasteiger partial charge in [-0.25, -0.2) is 0 Å². The van der Waals surface area contributed by atoms with Crippen LogP contribution in [0.4, 0.5) is 0 Å². The molecule has 1 aliphatic rings. The van der Waals surface area contributed by atoms with Crippen molar-refractivity contribution in [2.75, 3.05) is 12.8 Å². The molecule has 0 spiro atoms. The Morgan fingerprint density at radius 2 is 1.92 bits per heavy atom. The number of nitrogens with zero attached hydrogens (tertiary/aromatic N) is 1. The van der Waals surface area contributed by atoms with Crippen LogP contribution in [0.5, 0.6) is 0 Å². The number of rotatable bonds is 5. The molecular formula is C20H21Cl2NO2S. The van der Waals surface area contributed by atoms with E-state index in [1.807, 2.05) is 18.4 Å². The minimum Gasteiger partial charge on any atom is -0.480 e. The molecule has 2 aromatic carbocycles. The summed E-state index contributed by atoms with van der Waals surface area (Å²) in [4.78, 5) is 15.1. The average Bonchev–Trinajstić information content (AvgIpc) is 2.66. The number of carboxylic acids is 1. The summed E-state index contributed by atoms with van der Waals surface area (Å²) in [5, 5.41) is 10.7. The van der Waals surface area contributed by atoms with Crippen LogP contribution in [0.15, 0.2) is 47.4 Å². The predicted molar refractivity (Wildman–Crippen MR) is 109 cm³/mol. The van der Waals surface area contributed by atoms with Gasteiger partial charge in [-0.1, -0.05) is 53.9 Å². The van der Waals surface area contributed by atoms with E-state index in [1.165, 1.54) is 0 Å². The molecule has 26 heavy (non-hydrogen) atoms. The number of hydrogen-bond acceptors (Lipinski definition) is 3. The Hall–Kier alpha value is -1.20. The first kappa shape index (κ1) is 19.6. The highest BCUT2D eigenvalue weighted by molar-refractivity contribution is 7.98. The van der Waals surface area contributed by atoms with Crippen LogP contribution in [0.25, 0.3) is 0 Å². The topological polar surface area (TPSA) is 40.5 Å². The third-order valence-corrected chi connectivity index (χ3v) is 6.45. The van der Waals surface area contributed by atoms with Gasteiger partial charge in [-0.3, -0.25) is 9.69 Å². The van der Waals surface area contributed by atoms with Crippen LogP contribution in [-0.4, -0.2) is 34.8 Å². The van der Waals surface area contributed by atoms with Gasteiger partial charge in [0, 0.05) is 4.90 Å². The third kappa shape index (κ3) is 4.04. The minimum absolute atomic E-state index is 0.237. The molecule has 2 unspecified atom stereocenters. The molecule has 2 aromatic rings. The number of carboxylic acid groups (broad SMARTS) is 1. The van der Waals surface area contributed by atoms with E-state index < -0.39 is 12.0 Å². The van der Waals surface area contributed by atoms with Crippen molar-refractivity contribution in [3.8, 4) is 0 Å². The van der Waals surface area contributed by atoms with Crippen LogP contribution in [0.1, 0.15) is 36.4 Å². The van der Waals surface area contributed by atoms with Gasteiger partial charge in [0.1, 0.15) is 6.04 Å². The summed E-state index contributed by atoms with van der Waals surface area (Å²) in [5.74, 6) is -0.784. The van der Waals surface area contributed by atoms with Crippen molar-refractivity contribution in [3.63, 3.8) is 0 Å². The van der Waals surface area contributed by atoms with Crippen molar-refractivity contribution < 1.29 is 9.90 Å². The van der Waals surface area contributed by atoms with Gasteiger partial charge in [0.25, 0.3) is 0 Å². The largest absolute Gasteiger partial charge is 0.480 e. The second-order valence-electron chi connectivity index (χ2n) is 6.41. The van der Waals surface area contributed by atoms with Gasteiger partial charge in [-0.05, 0) is 55.0 Å². The Bertz CT molecular complexity index is 782. The maximum absolute atomic E-state index is 11.9. The number of piperidine rings is 1. The van der Waals surface area contributed by atoms with Gasteiger partial charge >= 0.3 is 5.97 Å². The summed E-state index contributed by atoms with van der Waals surface area (Å²) in [7, 11) is 0. The van der Waals surface area contributed by atoms with Gasteiger partial charge < -0.3 is 5.11 Å². The number of benzene rings is 2. The molecule has 1 fully saturated rings. The molecule has 3 rings (SSSR count). The van der Waals surface area contributed by atoms with E-state index >= 15 is 0 Å². The van der Waals surface area contributed by atoms with Crippen LogP contribution < -0.4 is 0 Å². The molecule has 0 aromatic heterocycles. The van der Waals surface area contributed by atoms with Gasteiger partial charge in [-0.15, -0.1) is 11.8 Å². The van der Waals surface area contributed by atoms with Crippen LogP contribution in [0, 0.1) is 0 Å². The van der Waals surface area contributed by atoms with Crippen LogP contribution in [-0.2, 0) is 4.79 Å². The van der Waals surface area contributed by atoms with Gasteiger partial charge in [0.05, 0.1) is 16.1 Å². The summed E-state index contributed by atoms with van der Waals surface area (Å²) in [6.07, 6.45) is 4.58. The van der Waals surface area contributed by atoms with Crippen molar-refractivity contribution in [2.45, 2.75) is 36.2 Å². The van der Waals surface area contributed by atoms with E-state index in [-0.39, 0.29) is 6.04 Å². The fraction of sp³-hybridized carbons (Fsp3) is 0.350. The fourth-order valence-electron chi connectivity index (χ4n) is 3.60. The molecular weight excluding hydrogens is 389 g/mol. The van der Waals surface area contributed by atoms with Gasteiger partial charge in [0.2, 0.25) is 0 Å². The first-order valence-electron chi connectivity index (χ1n) is 8.59. The molecule has 1 heterocycles. The minimum atomic E-state index is -0.784. The van der Waals surface area contributed by atoms with Crippen molar-refractivity contribution in [3.05, 3.63) is 63.6 Å². The van der Waals surface area contributed by atoms with E-state index in [0.29, 0.717) is 16.5 Å². The van der Waals surface area contributed by atoms with Crippen LogP contribution in [0.3, 0.4) is 0 Å². The van der Waals surface area contributed by atoms with E-state index in [2.05, 4.69) is 29.2 Å². The van der Waals surface area contributed by atoms with Crippen LogP contribution in [0.2, 0.25) is 10.0 Å². The monoisotopic (exact) mass is 409 g/mol. The fourth-order valence-corrected chi connectivity index (χ4v) is 4.42. The lowest BCUT2D eigenvalue weighted by atomic mass is 9.91. The number of thioether (sulfide) groups is 1. The normalized spacial score (nSPS) is 19.3. The highest BCUT2D eigenvalue weighted by Gasteiger charge is 2.36. The zero-order valence-corrected chi connectivity index (χ0v) is 16.8. The lowest BCUT2D eigenvalue weighted by Gasteiger charge is -2.40. The smallest absolute Gasteiger partial charge is 0.320 e. The number of hydrogen-bond donors (Lipinski definition) is 1. The summed E-state index contributed by atoms with van der Waals surface area (Å²) in [6.45, 7) is 0.717. The maximum Gasteiger partial charge on any atom is 0.320 e. The molecule has 1 N–H and O–H groups in total. The van der Waals surface area contributed by atoms with Crippen LogP contribution >= 0.6 is 35.0 Å². The van der Waals surface area contributed by atoms with Crippen molar-refractivity contribution in [1.82, 2.24) is 4.90 Å². The molecule has 3 nitrogen and oxygen atoms in total. The van der Waals surface area contributed by atoms with E-state index in [4.69, 9.17) is 23.2 Å². The first-order valence-corrected chi connectivity index (χ1v) is 10.6. The summed E-state index contributed by atoms with van der Waals surface area (Å²) < 4.78 is 0. The lowest BCUT2D eigenvalue weighted by molar-refractivity contribution is -0.145. The average molecular weight is 410 g/mol. The second-order valence-corrected chi connectivity index (χ2v) is 8.07. The highest BCUT2D eigenvalue weighted by atomic mass is 35.5. The molecule has 0 amide bonds. The molecule has 0 saturated carbocycles. The predicted octanol–water partition coefficient (Wildman–Crippen LogP) is 5.74. The van der Waals surface area contributed by atoms with E-state index in [0.717, 1.165) is 35.4 Å². The number of carbonyl (C=O) groups is 1. The Labute approximate surface area is 168 Å². The highest BCUT2D eigenvalue weighted by Crippen LogP contribution is 2.40. The van der Waals surface area contributed by atoms with Gasteiger partial charge in [-0.2, -0.15) is 0 Å². The molecule has 1 saturated heterocycles. The first-order chi connectivity index (χ1) is 12.5.